The molecule has 0 atom stereocenters. The highest BCUT2D eigenvalue weighted by atomic mass is 16.5. The van der Waals surface area contributed by atoms with Crippen LogP contribution in [0.1, 0.15) is 19.8 Å². The maximum absolute atomic E-state index is 10.9. The summed E-state index contributed by atoms with van der Waals surface area (Å²) in [6, 6.07) is 0. The van der Waals surface area contributed by atoms with Gasteiger partial charge in [-0.3, -0.25) is 4.79 Å². The number of carbonyl (C=O) groups is 1. The molecule has 0 aromatic heterocycles. The van der Waals surface area contributed by atoms with E-state index in [2.05, 4.69) is 5.32 Å². The molecule has 0 amide bonds. The van der Waals surface area contributed by atoms with Gasteiger partial charge in [-0.25, -0.2) is 0 Å². The van der Waals surface area contributed by atoms with E-state index in [1.54, 1.807) is 7.11 Å². The van der Waals surface area contributed by atoms with E-state index in [9.17, 15) is 4.79 Å². The Kier molecular flexibility index (Phi) is 9.03. The van der Waals surface area contributed by atoms with Crippen molar-refractivity contribution >= 4 is 5.97 Å². The van der Waals surface area contributed by atoms with E-state index in [0.717, 1.165) is 19.5 Å². The van der Waals surface area contributed by atoms with Gasteiger partial charge in [-0.1, -0.05) is 0 Å². The number of rotatable bonds is 8. The molecular formula is C9H19NO3. The monoisotopic (exact) mass is 189 g/mol. The highest BCUT2D eigenvalue weighted by molar-refractivity contribution is 5.69. The third-order valence-corrected chi connectivity index (χ3v) is 1.52. The van der Waals surface area contributed by atoms with Gasteiger partial charge in [-0.2, -0.15) is 0 Å². The predicted molar refractivity (Wildman–Crippen MR) is 50.6 cm³/mol. The van der Waals surface area contributed by atoms with E-state index in [1.807, 2.05) is 6.92 Å². The average Bonchev–Trinajstić information content (AvgIpc) is 2.11. The first-order valence-electron chi connectivity index (χ1n) is 4.66. The normalized spacial score (nSPS) is 10.0. The molecule has 0 aromatic carbocycles. The molecule has 4 heteroatoms. The second-order valence-electron chi connectivity index (χ2n) is 2.65. The zero-order valence-electron chi connectivity index (χ0n) is 8.47. The van der Waals surface area contributed by atoms with Crippen molar-refractivity contribution in [3.63, 3.8) is 0 Å². The molecule has 0 aliphatic heterocycles. The average molecular weight is 189 g/mol. The first kappa shape index (κ1) is 12.4. The topological polar surface area (TPSA) is 47.6 Å². The van der Waals surface area contributed by atoms with E-state index in [4.69, 9.17) is 9.47 Å². The Bertz CT molecular complexity index is 128. The summed E-state index contributed by atoms with van der Waals surface area (Å²) in [5.74, 6) is -0.115. The first-order chi connectivity index (χ1) is 6.31. The molecule has 78 valence electrons. The lowest BCUT2D eigenvalue weighted by atomic mass is 10.3. The largest absolute Gasteiger partial charge is 0.466 e. The van der Waals surface area contributed by atoms with Gasteiger partial charge in [0.25, 0.3) is 0 Å². The van der Waals surface area contributed by atoms with Crippen molar-refractivity contribution in [2.75, 3.05) is 33.4 Å². The smallest absolute Gasteiger partial charge is 0.305 e. The summed E-state index contributed by atoms with van der Waals surface area (Å²) in [6.07, 6.45) is 1.32. The number of esters is 1. The van der Waals surface area contributed by atoms with Crippen molar-refractivity contribution in [2.45, 2.75) is 19.8 Å². The van der Waals surface area contributed by atoms with Crippen LogP contribution in [0.5, 0.6) is 0 Å². The summed E-state index contributed by atoms with van der Waals surface area (Å²) in [6.45, 7) is 4.66. The minimum atomic E-state index is -0.115. The van der Waals surface area contributed by atoms with Crippen molar-refractivity contribution in [1.82, 2.24) is 5.32 Å². The summed E-state index contributed by atoms with van der Waals surface area (Å²) in [5.41, 5.74) is 0. The van der Waals surface area contributed by atoms with Crippen LogP contribution in [-0.2, 0) is 14.3 Å². The summed E-state index contributed by atoms with van der Waals surface area (Å²) < 4.78 is 9.63. The predicted octanol–water partition coefficient (Wildman–Crippen LogP) is 0.566. The molecule has 0 heterocycles. The lowest BCUT2D eigenvalue weighted by Crippen LogP contribution is -2.21. The maximum Gasteiger partial charge on any atom is 0.305 e. The first-order valence-corrected chi connectivity index (χ1v) is 4.66. The highest BCUT2D eigenvalue weighted by Crippen LogP contribution is 1.90. The fraction of sp³-hybridized carbons (Fsp3) is 0.889. The minimum Gasteiger partial charge on any atom is -0.466 e. The van der Waals surface area contributed by atoms with Crippen molar-refractivity contribution in [3.05, 3.63) is 0 Å². The van der Waals surface area contributed by atoms with Crippen LogP contribution in [0.3, 0.4) is 0 Å². The van der Waals surface area contributed by atoms with Crippen LogP contribution in [0, 0.1) is 0 Å². The Morgan fingerprint density at radius 3 is 2.77 bits per heavy atom. The second-order valence-corrected chi connectivity index (χ2v) is 2.65. The van der Waals surface area contributed by atoms with Gasteiger partial charge in [0.2, 0.25) is 0 Å². The summed E-state index contributed by atoms with van der Waals surface area (Å²) in [4.78, 5) is 10.9. The van der Waals surface area contributed by atoms with Crippen LogP contribution in [0.15, 0.2) is 0 Å². The van der Waals surface area contributed by atoms with Crippen LogP contribution in [0.25, 0.3) is 0 Å². The molecule has 0 spiro atoms. The fourth-order valence-corrected chi connectivity index (χ4v) is 0.890. The second kappa shape index (κ2) is 9.48. The molecule has 0 radical (unpaired) electrons. The molecule has 0 aromatic rings. The number of ether oxygens (including phenoxy) is 2. The molecule has 4 nitrogen and oxygen atoms in total. The van der Waals surface area contributed by atoms with E-state index >= 15 is 0 Å². The van der Waals surface area contributed by atoms with Crippen LogP contribution < -0.4 is 5.32 Å². The number of carbonyl (C=O) groups excluding carboxylic acids is 1. The van der Waals surface area contributed by atoms with E-state index in [0.29, 0.717) is 19.6 Å². The number of nitrogens with one attached hydrogen (secondary N) is 1. The molecular weight excluding hydrogens is 170 g/mol. The SMILES string of the molecule is CCOC(=O)CCCNCCOC. The zero-order valence-corrected chi connectivity index (χ0v) is 8.47. The number of methoxy groups -OCH3 is 1. The number of hydrogen-bond donors (Lipinski definition) is 1. The Morgan fingerprint density at radius 2 is 2.15 bits per heavy atom. The molecule has 0 rings (SSSR count). The van der Waals surface area contributed by atoms with Crippen LogP contribution in [-0.4, -0.2) is 39.4 Å². The van der Waals surface area contributed by atoms with Gasteiger partial charge in [-0.15, -0.1) is 0 Å². The van der Waals surface area contributed by atoms with Crippen LogP contribution in [0.2, 0.25) is 0 Å². The van der Waals surface area contributed by atoms with Crippen molar-refractivity contribution < 1.29 is 14.3 Å². The third kappa shape index (κ3) is 9.30. The van der Waals surface area contributed by atoms with Crippen molar-refractivity contribution in [2.24, 2.45) is 0 Å². The van der Waals surface area contributed by atoms with Gasteiger partial charge in [0.15, 0.2) is 0 Å². The lowest BCUT2D eigenvalue weighted by molar-refractivity contribution is -0.143. The fourth-order valence-electron chi connectivity index (χ4n) is 0.890. The molecule has 0 unspecified atom stereocenters. The molecule has 13 heavy (non-hydrogen) atoms. The third-order valence-electron chi connectivity index (χ3n) is 1.52. The van der Waals surface area contributed by atoms with E-state index in [1.165, 1.54) is 0 Å². The van der Waals surface area contributed by atoms with E-state index in [-0.39, 0.29) is 5.97 Å². The highest BCUT2D eigenvalue weighted by Gasteiger charge is 1.99. The molecule has 0 bridgehead atoms. The van der Waals surface area contributed by atoms with Crippen LogP contribution in [0.4, 0.5) is 0 Å². The molecule has 0 aliphatic rings. The standard InChI is InChI=1S/C9H19NO3/c1-3-13-9(11)5-4-6-10-7-8-12-2/h10H,3-8H2,1-2H3. The van der Waals surface area contributed by atoms with E-state index < -0.39 is 0 Å². The molecule has 0 saturated heterocycles. The van der Waals surface area contributed by atoms with Gasteiger partial charge >= 0.3 is 5.97 Å². The Balaban J connectivity index is 3.02. The van der Waals surface area contributed by atoms with Crippen molar-refractivity contribution in [1.29, 1.82) is 0 Å². The maximum atomic E-state index is 10.9. The van der Waals surface area contributed by atoms with Gasteiger partial charge in [-0.05, 0) is 19.9 Å². The molecule has 1 N–H and O–H groups in total. The molecule has 0 aliphatic carbocycles. The summed E-state index contributed by atoms with van der Waals surface area (Å²) in [5, 5.41) is 3.15. The molecule has 0 fully saturated rings. The van der Waals surface area contributed by atoms with Gasteiger partial charge in [0.1, 0.15) is 0 Å². The molecule has 0 saturated carbocycles. The quantitative estimate of drug-likeness (QED) is 0.448. The van der Waals surface area contributed by atoms with Crippen LogP contribution >= 0.6 is 0 Å². The van der Waals surface area contributed by atoms with Gasteiger partial charge in [0.05, 0.1) is 13.2 Å². The summed E-state index contributed by atoms with van der Waals surface area (Å²) in [7, 11) is 1.67. The zero-order chi connectivity index (χ0) is 9.94. The van der Waals surface area contributed by atoms with Gasteiger partial charge < -0.3 is 14.8 Å². The lowest BCUT2D eigenvalue weighted by Gasteiger charge is -2.03. The Hall–Kier alpha value is -0.610. The Labute approximate surface area is 79.6 Å². The van der Waals surface area contributed by atoms with Gasteiger partial charge in [0, 0.05) is 20.1 Å². The Morgan fingerprint density at radius 1 is 1.38 bits per heavy atom. The summed E-state index contributed by atoms with van der Waals surface area (Å²) >= 11 is 0. The number of hydrogen-bond acceptors (Lipinski definition) is 4. The van der Waals surface area contributed by atoms with Crippen molar-refractivity contribution in [3.8, 4) is 0 Å². The minimum absolute atomic E-state index is 0.115.